The molecule has 0 unspecified atom stereocenters. The van der Waals surface area contributed by atoms with E-state index in [9.17, 15) is 4.39 Å². The van der Waals surface area contributed by atoms with Gasteiger partial charge in [0.25, 0.3) is 0 Å². The summed E-state index contributed by atoms with van der Waals surface area (Å²) in [5, 5.41) is 8.09. The second-order valence-electron chi connectivity index (χ2n) is 9.04. The summed E-state index contributed by atoms with van der Waals surface area (Å²) in [7, 11) is 2.14. The molecule has 2 atom stereocenters. The number of morpholine rings is 1. The highest BCUT2D eigenvalue weighted by Gasteiger charge is 2.28. The average Bonchev–Trinajstić information content (AvgIpc) is 3.37. The highest BCUT2D eigenvalue weighted by atomic mass is 19.1. The Bertz CT molecular complexity index is 1250. The van der Waals surface area contributed by atoms with Crippen LogP contribution in [-0.4, -0.2) is 70.0 Å². The van der Waals surface area contributed by atoms with E-state index in [4.69, 9.17) is 9.72 Å². The molecule has 0 spiro atoms. The van der Waals surface area contributed by atoms with Crippen LogP contribution in [0.2, 0.25) is 0 Å². The van der Waals surface area contributed by atoms with Crippen LogP contribution < -0.4 is 4.90 Å². The Kier molecular flexibility index (Phi) is 5.35. The monoisotopic (exact) mass is 436 g/mol. The molecule has 1 fully saturated rings. The number of ether oxygens (including phenoxy) is 1. The van der Waals surface area contributed by atoms with E-state index < -0.39 is 0 Å². The zero-order valence-corrected chi connectivity index (χ0v) is 18.9. The smallest absolute Gasteiger partial charge is 0.159 e. The summed E-state index contributed by atoms with van der Waals surface area (Å²) in [5.41, 5.74) is 4.31. The van der Waals surface area contributed by atoms with Crippen molar-refractivity contribution >= 4 is 27.6 Å². The standard InChI is InChI=1S/C24H29FN6O/c1-14(2)30(4)11-18-12-31(15(3)13-32-18)17-6-8-20-22(10-17)27-24(26-20)23-19-7-5-16(25)9-21(19)28-29-23/h5-10,14-15,18H,11-13H2,1-4H3,(H,26,27)(H,28,29)/t15-,18-/m1/s1. The first-order valence-corrected chi connectivity index (χ1v) is 11.1. The van der Waals surface area contributed by atoms with Gasteiger partial charge in [0.2, 0.25) is 0 Å². The van der Waals surface area contributed by atoms with Crippen molar-refractivity contribution in [1.29, 1.82) is 0 Å². The fourth-order valence-electron chi connectivity index (χ4n) is 4.28. The lowest BCUT2D eigenvalue weighted by molar-refractivity contribution is 0.000769. The summed E-state index contributed by atoms with van der Waals surface area (Å²) in [4.78, 5) is 12.9. The molecule has 3 heterocycles. The molecule has 1 aliphatic rings. The quantitative estimate of drug-likeness (QED) is 0.491. The molecule has 0 amide bonds. The van der Waals surface area contributed by atoms with Crippen molar-refractivity contribution in [2.75, 3.05) is 31.6 Å². The summed E-state index contributed by atoms with van der Waals surface area (Å²) in [6.45, 7) is 9.06. The minimum atomic E-state index is -0.292. The molecule has 2 N–H and O–H groups in total. The SMILES string of the molecule is CC(C)N(C)C[C@@H]1CN(c2ccc3nc(-c4n[nH]c5cc(F)ccc45)[nH]c3c2)[C@H](C)CO1. The maximum Gasteiger partial charge on any atom is 0.159 e. The second kappa shape index (κ2) is 8.18. The number of benzene rings is 2. The van der Waals surface area contributed by atoms with E-state index in [0.29, 0.717) is 35.7 Å². The second-order valence-corrected chi connectivity index (χ2v) is 9.04. The maximum absolute atomic E-state index is 13.5. The molecular weight excluding hydrogens is 407 g/mol. The van der Waals surface area contributed by atoms with Gasteiger partial charge in [-0.25, -0.2) is 9.37 Å². The van der Waals surface area contributed by atoms with Gasteiger partial charge in [0.05, 0.1) is 29.3 Å². The third-order valence-corrected chi connectivity index (χ3v) is 6.42. The van der Waals surface area contributed by atoms with Gasteiger partial charge >= 0.3 is 0 Å². The highest BCUT2D eigenvalue weighted by Crippen LogP contribution is 2.30. The van der Waals surface area contributed by atoms with E-state index in [0.717, 1.165) is 35.2 Å². The van der Waals surface area contributed by atoms with Crippen molar-refractivity contribution in [3.8, 4) is 11.5 Å². The number of hydrogen-bond acceptors (Lipinski definition) is 5. The van der Waals surface area contributed by atoms with Gasteiger partial charge in [0, 0.05) is 36.2 Å². The van der Waals surface area contributed by atoms with Crippen LogP contribution in [0.25, 0.3) is 33.5 Å². The van der Waals surface area contributed by atoms with Crippen molar-refractivity contribution in [3.05, 3.63) is 42.2 Å². The summed E-state index contributed by atoms with van der Waals surface area (Å²) in [6.07, 6.45) is 0.169. The van der Waals surface area contributed by atoms with E-state index in [1.165, 1.54) is 12.1 Å². The number of H-pyrrole nitrogens is 2. The number of hydrogen-bond donors (Lipinski definition) is 2. The van der Waals surface area contributed by atoms with Crippen LogP contribution >= 0.6 is 0 Å². The minimum absolute atomic E-state index is 0.169. The number of aromatic nitrogens is 4. The number of nitrogens with zero attached hydrogens (tertiary/aromatic N) is 4. The first kappa shape index (κ1) is 20.9. The fraction of sp³-hybridized carbons (Fsp3) is 0.417. The summed E-state index contributed by atoms with van der Waals surface area (Å²) in [5.74, 6) is 0.376. The number of imidazole rings is 1. The van der Waals surface area contributed by atoms with Gasteiger partial charge in [-0.1, -0.05) is 0 Å². The molecule has 1 aliphatic heterocycles. The van der Waals surface area contributed by atoms with Crippen molar-refractivity contribution in [1.82, 2.24) is 25.1 Å². The van der Waals surface area contributed by atoms with Crippen LogP contribution in [0.4, 0.5) is 10.1 Å². The molecule has 168 valence electrons. The predicted molar refractivity (Wildman–Crippen MR) is 125 cm³/mol. The maximum atomic E-state index is 13.5. The molecule has 1 saturated heterocycles. The minimum Gasteiger partial charge on any atom is -0.373 e. The first-order chi connectivity index (χ1) is 15.4. The highest BCUT2D eigenvalue weighted by molar-refractivity contribution is 5.93. The molecule has 5 rings (SSSR count). The third-order valence-electron chi connectivity index (χ3n) is 6.42. The number of likely N-dealkylation sites (N-methyl/N-ethyl adjacent to an activating group) is 1. The van der Waals surface area contributed by atoms with Gasteiger partial charge in [-0.05, 0) is 64.2 Å². The molecule has 2 aromatic carbocycles. The van der Waals surface area contributed by atoms with Gasteiger partial charge in [0.15, 0.2) is 5.82 Å². The molecule has 4 aromatic rings. The molecule has 7 nitrogen and oxygen atoms in total. The molecule has 32 heavy (non-hydrogen) atoms. The summed E-state index contributed by atoms with van der Waals surface area (Å²) >= 11 is 0. The Labute approximate surface area is 186 Å². The van der Waals surface area contributed by atoms with Gasteiger partial charge in [-0.15, -0.1) is 0 Å². The normalized spacial score (nSPS) is 19.7. The topological polar surface area (TPSA) is 73.1 Å². The van der Waals surface area contributed by atoms with E-state index in [-0.39, 0.29) is 11.9 Å². The van der Waals surface area contributed by atoms with Crippen LogP contribution in [-0.2, 0) is 4.74 Å². The first-order valence-electron chi connectivity index (χ1n) is 11.1. The fourth-order valence-corrected chi connectivity index (χ4v) is 4.28. The van der Waals surface area contributed by atoms with Crippen molar-refractivity contribution in [2.45, 2.75) is 39.0 Å². The van der Waals surface area contributed by atoms with E-state index >= 15 is 0 Å². The number of nitrogens with one attached hydrogen (secondary N) is 2. The Morgan fingerprint density at radius 1 is 1.22 bits per heavy atom. The number of rotatable bonds is 5. The van der Waals surface area contributed by atoms with Crippen molar-refractivity contribution < 1.29 is 9.13 Å². The predicted octanol–water partition coefficient (Wildman–Crippen LogP) is 4.18. The van der Waals surface area contributed by atoms with Gasteiger partial charge < -0.3 is 19.5 Å². The Balaban J connectivity index is 1.43. The molecule has 0 radical (unpaired) electrons. The van der Waals surface area contributed by atoms with Crippen molar-refractivity contribution in [3.63, 3.8) is 0 Å². The van der Waals surface area contributed by atoms with Crippen LogP contribution in [0.15, 0.2) is 36.4 Å². The molecule has 0 aliphatic carbocycles. The molecule has 0 bridgehead atoms. The molecular formula is C24H29FN6O. The van der Waals surface area contributed by atoms with Crippen molar-refractivity contribution in [2.24, 2.45) is 0 Å². The molecule has 8 heteroatoms. The van der Waals surface area contributed by atoms with Crippen LogP contribution in [0.3, 0.4) is 0 Å². The van der Waals surface area contributed by atoms with E-state index in [1.807, 2.05) is 6.07 Å². The lowest BCUT2D eigenvalue weighted by Gasteiger charge is -2.41. The van der Waals surface area contributed by atoms with Crippen LogP contribution in [0, 0.1) is 5.82 Å². The number of aromatic amines is 2. The van der Waals surface area contributed by atoms with E-state index in [1.54, 1.807) is 6.07 Å². The molecule has 2 aromatic heterocycles. The number of fused-ring (bicyclic) bond motifs is 2. The Morgan fingerprint density at radius 2 is 2.06 bits per heavy atom. The summed E-state index contributed by atoms with van der Waals surface area (Å²) in [6, 6.07) is 11.7. The van der Waals surface area contributed by atoms with Gasteiger partial charge in [-0.2, -0.15) is 5.10 Å². The average molecular weight is 437 g/mol. The molecule has 0 saturated carbocycles. The lowest BCUT2D eigenvalue weighted by atomic mass is 10.1. The Morgan fingerprint density at radius 3 is 2.88 bits per heavy atom. The zero-order chi connectivity index (χ0) is 22.4. The van der Waals surface area contributed by atoms with Crippen LogP contribution in [0.5, 0.6) is 0 Å². The van der Waals surface area contributed by atoms with E-state index in [2.05, 4.69) is 64.9 Å². The van der Waals surface area contributed by atoms with Crippen LogP contribution in [0.1, 0.15) is 20.8 Å². The number of anilines is 1. The summed E-state index contributed by atoms with van der Waals surface area (Å²) < 4.78 is 19.6. The van der Waals surface area contributed by atoms with Gasteiger partial charge in [0.1, 0.15) is 11.5 Å². The third kappa shape index (κ3) is 3.84. The lowest BCUT2D eigenvalue weighted by Crippen LogP contribution is -2.52. The Hall–Kier alpha value is -2.97. The number of halogens is 1. The zero-order valence-electron chi connectivity index (χ0n) is 18.9. The van der Waals surface area contributed by atoms with Gasteiger partial charge in [-0.3, -0.25) is 5.10 Å². The largest absolute Gasteiger partial charge is 0.373 e.